The highest BCUT2D eigenvalue weighted by molar-refractivity contribution is 6.01. The molecule has 12 heavy (non-hydrogen) atoms. The van der Waals surface area contributed by atoms with Crippen molar-refractivity contribution in [2.45, 2.75) is 26.3 Å². The van der Waals surface area contributed by atoms with Crippen LogP contribution in [0.2, 0.25) is 0 Å². The number of carbonyl (C=O) groups excluding carboxylic acids is 2. The number of allylic oxidation sites excluding steroid dienone is 1. The van der Waals surface area contributed by atoms with Gasteiger partial charge in [-0.05, 0) is 5.92 Å². The van der Waals surface area contributed by atoms with E-state index in [1.165, 1.54) is 6.92 Å². The SMILES string of the molecule is CC(=O)C1=C[C@@H](C)[C@@H]2CC(=O)N12. The lowest BCUT2D eigenvalue weighted by Gasteiger charge is -2.37. The predicted molar refractivity (Wildman–Crippen MR) is 43.2 cm³/mol. The van der Waals surface area contributed by atoms with E-state index in [0.717, 1.165) is 0 Å². The number of β-lactam (4-membered cyclic amide) rings is 1. The predicted octanol–water partition coefficient (Wildman–Crippen LogP) is 0.710. The Morgan fingerprint density at radius 1 is 1.67 bits per heavy atom. The van der Waals surface area contributed by atoms with Gasteiger partial charge >= 0.3 is 0 Å². The number of rotatable bonds is 1. The molecule has 0 spiro atoms. The summed E-state index contributed by atoms with van der Waals surface area (Å²) in [5.41, 5.74) is 0.601. The molecular weight excluding hydrogens is 154 g/mol. The molecule has 1 amide bonds. The number of fused-ring (bicyclic) bond motifs is 1. The fourth-order valence-corrected chi connectivity index (χ4v) is 1.90. The lowest BCUT2D eigenvalue weighted by molar-refractivity contribution is -0.144. The number of ketones is 1. The molecule has 0 saturated carbocycles. The van der Waals surface area contributed by atoms with Crippen LogP contribution in [0.25, 0.3) is 0 Å². The van der Waals surface area contributed by atoms with Crippen LogP contribution in [0.4, 0.5) is 0 Å². The minimum absolute atomic E-state index is 0.00241. The van der Waals surface area contributed by atoms with Crippen LogP contribution in [0.3, 0.4) is 0 Å². The molecule has 0 radical (unpaired) electrons. The van der Waals surface area contributed by atoms with E-state index >= 15 is 0 Å². The molecule has 0 N–H and O–H groups in total. The smallest absolute Gasteiger partial charge is 0.229 e. The number of hydrogen-bond donors (Lipinski definition) is 0. The Labute approximate surface area is 71.0 Å². The summed E-state index contributed by atoms with van der Waals surface area (Å²) in [6, 6.07) is 0.274. The lowest BCUT2D eigenvalue weighted by atomic mass is 9.94. The average molecular weight is 165 g/mol. The summed E-state index contributed by atoms with van der Waals surface area (Å²) >= 11 is 0. The number of hydrogen-bond acceptors (Lipinski definition) is 2. The van der Waals surface area contributed by atoms with Gasteiger partial charge in [0.05, 0.1) is 11.7 Å². The number of Topliss-reactive ketones (excluding diaryl/α,β-unsaturated/α-hetero) is 1. The normalized spacial score (nSPS) is 32.7. The molecule has 2 aliphatic heterocycles. The van der Waals surface area contributed by atoms with E-state index < -0.39 is 0 Å². The summed E-state index contributed by atoms with van der Waals surface area (Å²) < 4.78 is 0. The third-order valence-corrected chi connectivity index (χ3v) is 2.63. The van der Waals surface area contributed by atoms with Gasteiger partial charge in [-0.2, -0.15) is 0 Å². The largest absolute Gasteiger partial charge is 0.305 e. The molecule has 0 aromatic heterocycles. The van der Waals surface area contributed by atoms with E-state index in [4.69, 9.17) is 0 Å². The van der Waals surface area contributed by atoms with E-state index in [9.17, 15) is 9.59 Å². The highest BCUT2D eigenvalue weighted by atomic mass is 16.2. The van der Waals surface area contributed by atoms with E-state index in [1.54, 1.807) is 4.90 Å². The van der Waals surface area contributed by atoms with Crippen molar-refractivity contribution in [3.05, 3.63) is 11.8 Å². The Morgan fingerprint density at radius 2 is 2.33 bits per heavy atom. The van der Waals surface area contributed by atoms with Crippen LogP contribution in [0.1, 0.15) is 20.3 Å². The van der Waals surface area contributed by atoms with Crippen molar-refractivity contribution >= 4 is 11.7 Å². The second kappa shape index (κ2) is 2.19. The molecule has 64 valence electrons. The van der Waals surface area contributed by atoms with Crippen molar-refractivity contribution in [2.75, 3.05) is 0 Å². The molecular formula is C9H11NO2. The van der Waals surface area contributed by atoms with E-state index in [0.29, 0.717) is 18.0 Å². The van der Waals surface area contributed by atoms with Crippen LogP contribution in [0.5, 0.6) is 0 Å². The zero-order chi connectivity index (χ0) is 8.88. The van der Waals surface area contributed by atoms with Gasteiger partial charge in [-0.25, -0.2) is 0 Å². The molecule has 3 heteroatoms. The fourth-order valence-electron chi connectivity index (χ4n) is 1.90. The molecule has 2 rings (SSSR count). The first-order valence-electron chi connectivity index (χ1n) is 4.16. The summed E-state index contributed by atoms with van der Waals surface area (Å²) in [7, 11) is 0. The van der Waals surface area contributed by atoms with Crippen molar-refractivity contribution in [3.8, 4) is 0 Å². The molecule has 0 aliphatic carbocycles. The molecule has 3 nitrogen and oxygen atoms in total. The van der Waals surface area contributed by atoms with E-state index in [2.05, 4.69) is 0 Å². The van der Waals surface area contributed by atoms with E-state index in [1.807, 2.05) is 13.0 Å². The van der Waals surface area contributed by atoms with Gasteiger partial charge in [-0.15, -0.1) is 0 Å². The minimum Gasteiger partial charge on any atom is -0.305 e. The van der Waals surface area contributed by atoms with Crippen LogP contribution >= 0.6 is 0 Å². The first kappa shape index (κ1) is 7.53. The van der Waals surface area contributed by atoms with Gasteiger partial charge in [0.25, 0.3) is 0 Å². The summed E-state index contributed by atoms with van der Waals surface area (Å²) in [6.07, 6.45) is 2.51. The first-order chi connectivity index (χ1) is 5.61. The number of amides is 1. The van der Waals surface area contributed by atoms with Gasteiger partial charge in [0.15, 0.2) is 5.78 Å². The monoisotopic (exact) mass is 165 g/mol. The maximum absolute atomic E-state index is 11.1. The topological polar surface area (TPSA) is 37.4 Å². The Hall–Kier alpha value is -1.12. The van der Waals surface area contributed by atoms with Crippen molar-refractivity contribution < 1.29 is 9.59 Å². The van der Waals surface area contributed by atoms with Gasteiger partial charge in [-0.3, -0.25) is 9.59 Å². The molecule has 1 saturated heterocycles. The Balaban J connectivity index is 2.29. The Kier molecular flexibility index (Phi) is 1.37. The lowest BCUT2D eigenvalue weighted by Crippen LogP contribution is -2.51. The van der Waals surface area contributed by atoms with Crippen molar-refractivity contribution in [2.24, 2.45) is 5.92 Å². The second-order valence-corrected chi connectivity index (χ2v) is 3.50. The third kappa shape index (κ3) is 0.763. The first-order valence-corrected chi connectivity index (χ1v) is 4.16. The standard InChI is InChI=1S/C9H11NO2/c1-5-3-8(6(2)11)10-7(5)4-9(10)12/h3,5,7H,4H2,1-2H3/t5-,7+/m1/s1. The maximum Gasteiger partial charge on any atom is 0.229 e. The molecule has 0 bridgehead atoms. The molecule has 0 aromatic carbocycles. The number of carbonyl (C=O) groups is 2. The van der Waals surface area contributed by atoms with Crippen molar-refractivity contribution in [1.82, 2.24) is 4.90 Å². The minimum atomic E-state index is -0.00241. The Bertz CT molecular complexity index is 293. The number of nitrogens with zero attached hydrogens (tertiary/aromatic N) is 1. The highest BCUT2D eigenvalue weighted by Crippen LogP contribution is 2.37. The van der Waals surface area contributed by atoms with Crippen LogP contribution in [-0.2, 0) is 9.59 Å². The summed E-state index contributed by atoms with van der Waals surface area (Å²) in [6.45, 7) is 3.55. The molecule has 2 atom stereocenters. The van der Waals surface area contributed by atoms with Gasteiger partial charge in [-0.1, -0.05) is 13.0 Å². The van der Waals surface area contributed by atoms with Gasteiger partial charge in [0.2, 0.25) is 5.91 Å². The molecule has 0 unspecified atom stereocenters. The van der Waals surface area contributed by atoms with Gasteiger partial charge in [0, 0.05) is 13.3 Å². The molecule has 2 heterocycles. The maximum atomic E-state index is 11.1. The van der Waals surface area contributed by atoms with Crippen molar-refractivity contribution in [3.63, 3.8) is 0 Å². The zero-order valence-corrected chi connectivity index (χ0v) is 7.20. The quantitative estimate of drug-likeness (QED) is 0.536. The second-order valence-electron chi connectivity index (χ2n) is 3.50. The van der Waals surface area contributed by atoms with Gasteiger partial charge in [0.1, 0.15) is 0 Å². The van der Waals surface area contributed by atoms with Crippen LogP contribution < -0.4 is 0 Å². The summed E-state index contributed by atoms with van der Waals surface area (Å²) in [5.74, 6) is 0.435. The van der Waals surface area contributed by atoms with Crippen LogP contribution in [0.15, 0.2) is 11.8 Å². The van der Waals surface area contributed by atoms with Gasteiger partial charge < -0.3 is 4.90 Å². The molecule has 1 fully saturated rings. The highest BCUT2D eigenvalue weighted by Gasteiger charge is 2.46. The van der Waals surface area contributed by atoms with Crippen LogP contribution in [0, 0.1) is 5.92 Å². The fraction of sp³-hybridized carbons (Fsp3) is 0.556. The Morgan fingerprint density at radius 3 is 2.75 bits per heavy atom. The zero-order valence-electron chi connectivity index (χ0n) is 7.20. The average Bonchev–Trinajstić information content (AvgIpc) is 2.22. The molecule has 2 aliphatic rings. The summed E-state index contributed by atoms with van der Waals surface area (Å²) in [5, 5.41) is 0. The third-order valence-electron chi connectivity index (χ3n) is 2.63. The summed E-state index contributed by atoms with van der Waals surface area (Å²) in [4.78, 5) is 23.8. The van der Waals surface area contributed by atoms with E-state index in [-0.39, 0.29) is 17.7 Å². The van der Waals surface area contributed by atoms with Crippen molar-refractivity contribution in [1.29, 1.82) is 0 Å². The molecule has 0 aromatic rings. The van der Waals surface area contributed by atoms with Crippen LogP contribution in [-0.4, -0.2) is 22.6 Å².